The van der Waals surface area contributed by atoms with E-state index >= 15 is 0 Å². The molecule has 1 aliphatic rings. The number of aromatic nitrogens is 5. The Morgan fingerprint density at radius 2 is 2.00 bits per heavy atom. The Balaban J connectivity index is 1.53. The molecule has 144 valence electrons. The summed E-state index contributed by atoms with van der Waals surface area (Å²) in [5.74, 6) is 1.18. The summed E-state index contributed by atoms with van der Waals surface area (Å²) in [7, 11) is 0. The van der Waals surface area contributed by atoms with Gasteiger partial charge in [-0.15, -0.1) is 0 Å². The summed E-state index contributed by atoms with van der Waals surface area (Å²) in [4.78, 5) is 31.9. The first-order valence-electron chi connectivity index (χ1n) is 9.43. The van der Waals surface area contributed by atoms with Gasteiger partial charge in [-0.2, -0.15) is 4.98 Å². The maximum absolute atomic E-state index is 12.8. The quantitative estimate of drug-likeness (QED) is 0.673. The van der Waals surface area contributed by atoms with Crippen molar-refractivity contribution >= 4 is 5.91 Å². The van der Waals surface area contributed by atoms with Crippen LogP contribution in [0.2, 0.25) is 0 Å². The molecule has 28 heavy (non-hydrogen) atoms. The molecule has 4 rings (SSSR count). The highest BCUT2D eigenvalue weighted by atomic mass is 16.5. The normalized spacial score (nSPS) is 16.5. The van der Waals surface area contributed by atoms with Gasteiger partial charge in [-0.05, 0) is 44.4 Å². The first-order valence-corrected chi connectivity index (χ1v) is 9.43. The molecule has 3 aromatic rings. The van der Waals surface area contributed by atoms with Gasteiger partial charge in [0, 0.05) is 43.0 Å². The second-order valence-corrected chi connectivity index (χ2v) is 7.03. The van der Waals surface area contributed by atoms with Gasteiger partial charge >= 0.3 is 0 Å². The zero-order valence-electron chi connectivity index (χ0n) is 16.0. The summed E-state index contributed by atoms with van der Waals surface area (Å²) in [6.45, 7) is 4.48. The Bertz CT molecular complexity index is 972. The third kappa shape index (κ3) is 3.90. The largest absolute Gasteiger partial charge is 0.339 e. The van der Waals surface area contributed by atoms with Gasteiger partial charge in [0.2, 0.25) is 11.8 Å². The summed E-state index contributed by atoms with van der Waals surface area (Å²) >= 11 is 0. The lowest BCUT2D eigenvalue weighted by molar-refractivity contribution is -0.132. The first-order chi connectivity index (χ1) is 13.6. The van der Waals surface area contributed by atoms with E-state index in [9.17, 15) is 4.79 Å². The van der Waals surface area contributed by atoms with Crippen molar-refractivity contribution in [2.45, 2.75) is 45.6 Å². The van der Waals surface area contributed by atoms with E-state index in [1.165, 1.54) is 6.33 Å². The minimum absolute atomic E-state index is 0.0137. The number of amides is 1. The van der Waals surface area contributed by atoms with Crippen molar-refractivity contribution in [3.8, 4) is 11.1 Å². The molecule has 8 nitrogen and oxygen atoms in total. The highest BCUT2D eigenvalue weighted by Gasteiger charge is 2.31. The van der Waals surface area contributed by atoms with Crippen LogP contribution in [-0.2, 0) is 11.2 Å². The molecule has 1 amide bonds. The Morgan fingerprint density at radius 3 is 2.75 bits per heavy atom. The molecule has 0 N–H and O–H groups in total. The summed E-state index contributed by atoms with van der Waals surface area (Å²) in [6.07, 6.45) is 7.77. The number of carbonyl (C=O) groups excluding carboxylic acids is 1. The fourth-order valence-electron chi connectivity index (χ4n) is 3.65. The predicted molar refractivity (Wildman–Crippen MR) is 101 cm³/mol. The zero-order valence-corrected chi connectivity index (χ0v) is 16.0. The summed E-state index contributed by atoms with van der Waals surface area (Å²) in [5, 5.41) is 3.77. The van der Waals surface area contributed by atoms with Crippen molar-refractivity contribution in [2.24, 2.45) is 0 Å². The van der Waals surface area contributed by atoms with Gasteiger partial charge in [-0.3, -0.25) is 9.78 Å². The SMILES string of the molecule is Cc1cc(-c2cncnc2)cc([C@H]2CCCN2C(=O)CCc2nc(C)no2)n1. The third-order valence-corrected chi connectivity index (χ3v) is 4.90. The molecule has 0 radical (unpaired) electrons. The minimum atomic E-state index is -0.0137. The summed E-state index contributed by atoms with van der Waals surface area (Å²) < 4.78 is 5.11. The van der Waals surface area contributed by atoms with Crippen LogP contribution >= 0.6 is 0 Å². The third-order valence-electron chi connectivity index (χ3n) is 4.90. The number of aryl methyl sites for hydroxylation is 3. The van der Waals surface area contributed by atoms with E-state index < -0.39 is 0 Å². The highest BCUT2D eigenvalue weighted by molar-refractivity contribution is 5.77. The van der Waals surface area contributed by atoms with Crippen molar-refractivity contribution in [3.63, 3.8) is 0 Å². The molecule has 0 aliphatic carbocycles. The van der Waals surface area contributed by atoms with Crippen LogP contribution in [0.25, 0.3) is 11.1 Å². The molecule has 8 heteroatoms. The molecular weight excluding hydrogens is 356 g/mol. The van der Waals surface area contributed by atoms with E-state index in [-0.39, 0.29) is 11.9 Å². The Hall–Kier alpha value is -3.16. The van der Waals surface area contributed by atoms with Crippen LogP contribution in [0.3, 0.4) is 0 Å². The van der Waals surface area contributed by atoms with Gasteiger partial charge in [-0.1, -0.05) is 5.16 Å². The first kappa shape index (κ1) is 18.2. The molecule has 1 aliphatic heterocycles. The topological polar surface area (TPSA) is 97.9 Å². The average molecular weight is 378 g/mol. The van der Waals surface area contributed by atoms with Crippen molar-refractivity contribution in [1.29, 1.82) is 0 Å². The van der Waals surface area contributed by atoms with E-state index in [0.29, 0.717) is 24.6 Å². The second-order valence-electron chi connectivity index (χ2n) is 7.03. The molecule has 0 saturated carbocycles. The van der Waals surface area contributed by atoms with E-state index in [1.54, 1.807) is 19.3 Å². The van der Waals surface area contributed by atoms with E-state index in [4.69, 9.17) is 9.51 Å². The standard InChI is InChI=1S/C20H22N6O2/c1-13-8-15(16-10-21-12-22-11-16)9-17(23-13)18-4-3-7-26(18)20(27)6-5-19-24-14(2)25-28-19/h8-12,18H,3-7H2,1-2H3/t18-/m1/s1. The number of carbonyl (C=O) groups is 1. The average Bonchev–Trinajstić information content (AvgIpc) is 3.35. The van der Waals surface area contributed by atoms with Gasteiger partial charge < -0.3 is 9.42 Å². The fraction of sp³-hybridized carbons (Fsp3) is 0.400. The van der Waals surface area contributed by atoms with Gasteiger partial charge in [0.1, 0.15) is 6.33 Å². The zero-order chi connectivity index (χ0) is 19.5. The second kappa shape index (κ2) is 7.84. The van der Waals surface area contributed by atoms with Gasteiger partial charge in [0.25, 0.3) is 0 Å². The Morgan fingerprint density at radius 1 is 1.18 bits per heavy atom. The summed E-state index contributed by atoms with van der Waals surface area (Å²) in [6, 6.07) is 4.05. The van der Waals surface area contributed by atoms with Crippen LogP contribution in [-0.4, -0.2) is 42.4 Å². The van der Waals surface area contributed by atoms with Crippen LogP contribution < -0.4 is 0 Å². The highest BCUT2D eigenvalue weighted by Crippen LogP contribution is 2.33. The number of pyridine rings is 1. The molecule has 1 fully saturated rings. The van der Waals surface area contributed by atoms with Crippen LogP contribution in [0.15, 0.2) is 35.4 Å². The molecule has 1 atom stereocenters. The summed E-state index contributed by atoms with van der Waals surface area (Å²) in [5.41, 5.74) is 3.79. The lowest BCUT2D eigenvalue weighted by Gasteiger charge is -2.25. The number of hydrogen-bond donors (Lipinski definition) is 0. The fourth-order valence-corrected chi connectivity index (χ4v) is 3.65. The van der Waals surface area contributed by atoms with Crippen molar-refractivity contribution < 1.29 is 9.32 Å². The Labute approximate surface area is 163 Å². The monoisotopic (exact) mass is 378 g/mol. The molecule has 0 spiro atoms. The number of likely N-dealkylation sites (tertiary alicyclic amines) is 1. The molecular formula is C20H22N6O2. The molecule has 4 heterocycles. The number of hydrogen-bond acceptors (Lipinski definition) is 7. The van der Waals surface area contributed by atoms with Gasteiger partial charge in [0.15, 0.2) is 5.82 Å². The molecule has 0 aromatic carbocycles. The smallest absolute Gasteiger partial charge is 0.227 e. The maximum atomic E-state index is 12.8. The molecule has 1 saturated heterocycles. The van der Waals surface area contributed by atoms with E-state index in [0.717, 1.165) is 41.9 Å². The van der Waals surface area contributed by atoms with Crippen LogP contribution in [0, 0.1) is 13.8 Å². The predicted octanol–water partition coefficient (Wildman–Crippen LogP) is 2.83. The van der Waals surface area contributed by atoms with E-state index in [2.05, 4.69) is 20.1 Å². The molecule has 3 aromatic heterocycles. The lowest BCUT2D eigenvalue weighted by atomic mass is 10.0. The van der Waals surface area contributed by atoms with Gasteiger partial charge in [0.05, 0.1) is 11.7 Å². The van der Waals surface area contributed by atoms with Gasteiger partial charge in [-0.25, -0.2) is 9.97 Å². The van der Waals surface area contributed by atoms with Crippen LogP contribution in [0.4, 0.5) is 0 Å². The molecule has 0 bridgehead atoms. The maximum Gasteiger partial charge on any atom is 0.227 e. The molecule has 0 unspecified atom stereocenters. The van der Waals surface area contributed by atoms with Crippen LogP contribution in [0.5, 0.6) is 0 Å². The van der Waals surface area contributed by atoms with Crippen LogP contribution in [0.1, 0.15) is 48.4 Å². The number of nitrogens with zero attached hydrogens (tertiary/aromatic N) is 6. The van der Waals surface area contributed by atoms with Crippen molar-refractivity contribution in [2.75, 3.05) is 6.54 Å². The van der Waals surface area contributed by atoms with E-state index in [1.807, 2.05) is 24.0 Å². The van der Waals surface area contributed by atoms with Crippen molar-refractivity contribution in [1.82, 2.24) is 30.0 Å². The number of rotatable bonds is 5. The Kier molecular flexibility index (Phi) is 5.10. The van der Waals surface area contributed by atoms with Crippen molar-refractivity contribution in [3.05, 3.63) is 54.0 Å². The lowest BCUT2D eigenvalue weighted by Crippen LogP contribution is -2.31. The minimum Gasteiger partial charge on any atom is -0.339 e.